The van der Waals surface area contributed by atoms with Crippen molar-refractivity contribution in [3.63, 3.8) is 0 Å². The number of nitrogens with zero attached hydrogens (tertiary/aromatic N) is 3. The second-order valence-corrected chi connectivity index (χ2v) is 6.99. The molecule has 1 radical (unpaired) electrons. The largest absolute Gasteiger partial charge is 0.376 e. The molecule has 0 spiro atoms. The molecule has 4 saturated heterocycles. The summed E-state index contributed by atoms with van der Waals surface area (Å²) >= 11 is 0. The second kappa shape index (κ2) is 1.95. The van der Waals surface area contributed by atoms with Gasteiger partial charge in [-0.2, -0.15) is 0 Å². The number of hydrogen-bond donors (Lipinski definition) is 1. The van der Waals surface area contributed by atoms with Crippen LogP contribution in [0, 0.1) is 0 Å². The van der Waals surface area contributed by atoms with Gasteiger partial charge in [0, 0.05) is 26.3 Å². The van der Waals surface area contributed by atoms with Crippen LogP contribution in [-0.2, 0) is 0 Å². The SMILES string of the molecule is O[P]12CN3CN(CN(C3)C1)C2. The summed E-state index contributed by atoms with van der Waals surface area (Å²) < 4.78 is 0. The standard InChI is InChI=1S/C6H13N3OP/c10-11-4-7-1-8(5-11)3-9(2-7)6-11/h10H,1-6H2. The summed E-state index contributed by atoms with van der Waals surface area (Å²) in [5.41, 5.74) is 0. The first-order valence-corrected chi connectivity index (χ1v) is 6.29. The van der Waals surface area contributed by atoms with Crippen LogP contribution in [0.1, 0.15) is 0 Å². The van der Waals surface area contributed by atoms with Gasteiger partial charge in [0.25, 0.3) is 0 Å². The van der Waals surface area contributed by atoms with E-state index in [0.29, 0.717) is 0 Å². The lowest BCUT2D eigenvalue weighted by atomic mass is 10.5. The zero-order valence-electron chi connectivity index (χ0n) is 6.48. The van der Waals surface area contributed by atoms with Gasteiger partial charge in [0.05, 0.1) is 20.0 Å². The maximum Gasteiger partial charge on any atom is 0.0539 e. The van der Waals surface area contributed by atoms with Crippen LogP contribution >= 0.6 is 7.49 Å². The third-order valence-corrected chi connectivity index (χ3v) is 5.37. The Morgan fingerprint density at radius 2 is 1.18 bits per heavy atom. The molecule has 0 aliphatic carbocycles. The summed E-state index contributed by atoms with van der Waals surface area (Å²) in [5, 5.41) is 0. The summed E-state index contributed by atoms with van der Waals surface area (Å²) in [7, 11) is -1.54. The lowest BCUT2D eigenvalue weighted by molar-refractivity contribution is -0.0344. The van der Waals surface area contributed by atoms with Gasteiger partial charge in [-0.15, -0.1) is 0 Å². The van der Waals surface area contributed by atoms with E-state index in [9.17, 15) is 4.89 Å². The first-order valence-electron chi connectivity index (χ1n) is 3.99. The summed E-state index contributed by atoms with van der Waals surface area (Å²) in [6, 6.07) is 0. The molecule has 0 aromatic carbocycles. The molecule has 0 saturated carbocycles. The third kappa shape index (κ3) is 0.945. The Kier molecular flexibility index (Phi) is 1.20. The van der Waals surface area contributed by atoms with Gasteiger partial charge in [-0.25, -0.2) is 0 Å². The molecule has 4 heterocycles. The molecule has 0 aromatic rings. The first kappa shape index (κ1) is 6.75. The lowest BCUT2D eigenvalue weighted by Crippen LogP contribution is -2.64. The average Bonchev–Trinajstić information content (AvgIpc) is 1.79. The molecule has 4 aliphatic heterocycles. The molecule has 0 atom stereocenters. The van der Waals surface area contributed by atoms with Crippen molar-refractivity contribution < 1.29 is 4.89 Å². The van der Waals surface area contributed by atoms with Crippen molar-refractivity contribution in [1.29, 1.82) is 0 Å². The van der Waals surface area contributed by atoms with E-state index >= 15 is 0 Å². The molecular weight excluding hydrogens is 161 g/mol. The fraction of sp³-hybridized carbons (Fsp3) is 1.00. The van der Waals surface area contributed by atoms with Crippen molar-refractivity contribution in [3.05, 3.63) is 0 Å². The molecule has 0 unspecified atom stereocenters. The van der Waals surface area contributed by atoms with Gasteiger partial charge in [-0.3, -0.25) is 14.7 Å². The van der Waals surface area contributed by atoms with E-state index < -0.39 is 7.49 Å². The van der Waals surface area contributed by atoms with Crippen molar-refractivity contribution in [2.45, 2.75) is 0 Å². The molecule has 0 aromatic heterocycles. The van der Waals surface area contributed by atoms with Crippen LogP contribution in [0.5, 0.6) is 0 Å². The van der Waals surface area contributed by atoms with Crippen LogP contribution in [0.25, 0.3) is 0 Å². The fourth-order valence-corrected chi connectivity index (χ4v) is 5.54. The van der Waals surface area contributed by atoms with E-state index in [2.05, 4.69) is 14.7 Å². The van der Waals surface area contributed by atoms with Gasteiger partial charge in [0.15, 0.2) is 0 Å². The van der Waals surface area contributed by atoms with Crippen LogP contribution in [0.3, 0.4) is 0 Å². The molecule has 4 aliphatic rings. The van der Waals surface area contributed by atoms with Gasteiger partial charge >= 0.3 is 0 Å². The van der Waals surface area contributed by atoms with Crippen LogP contribution < -0.4 is 0 Å². The molecule has 4 fully saturated rings. The molecule has 4 nitrogen and oxygen atoms in total. The molecule has 11 heavy (non-hydrogen) atoms. The van der Waals surface area contributed by atoms with Crippen molar-refractivity contribution in [1.82, 2.24) is 14.7 Å². The van der Waals surface area contributed by atoms with E-state index in [0.717, 1.165) is 38.9 Å². The van der Waals surface area contributed by atoms with Crippen LogP contribution in [0.15, 0.2) is 0 Å². The fourth-order valence-electron chi connectivity index (χ4n) is 2.50. The van der Waals surface area contributed by atoms with Gasteiger partial charge in [0.2, 0.25) is 0 Å². The third-order valence-electron chi connectivity index (χ3n) is 2.59. The van der Waals surface area contributed by atoms with Crippen molar-refractivity contribution in [2.24, 2.45) is 0 Å². The second-order valence-electron chi connectivity index (χ2n) is 3.96. The lowest BCUT2D eigenvalue weighted by Gasteiger charge is -2.59. The van der Waals surface area contributed by atoms with E-state index in [-0.39, 0.29) is 0 Å². The van der Waals surface area contributed by atoms with Crippen LogP contribution in [0.2, 0.25) is 0 Å². The quantitative estimate of drug-likeness (QED) is 0.506. The zero-order chi connectivity index (χ0) is 7.47. The molecular formula is C6H13N3OP. The van der Waals surface area contributed by atoms with E-state index in [1.807, 2.05) is 0 Å². The topological polar surface area (TPSA) is 30.0 Å². The Balaban J connectivity index is 1.94. The molecule has 0 amide bonds. The van der Waals surface area contributed by atoms with Gasteiger partial charge in [0.1, 0.15) is 0 Å². The number of hydrogen-bond acceptors (Lipinski definition) is 4. The summed E-state index contributed by atoms with van der Waals surface area (Å²) in [6.07, 6.45) is 2.96. The monoisotopic (exact) mass is 174 g/mol. The van der Waals surface area contributed by atoms with Gasteiger partial charge < -0.3 is 4.89 Å². The highest BCUT2D eigenvalue weighted by molar-refractivity contribution is 7.70. The number of rotatable bonds is 0. The Morgan fingerprint density at radius 3 is 1.45 bits per heavy atom. The highest BCUT2D eigenvalue weighted by Crippen LogP contribution is 2.61. The predicted octanol–water partition coefficient (Wildman–Crippen LogP) is -0.397. The molecule has 4 rings (SSSR count). The normalized spacial score (nSPS) is 60.3. The zero-order valence-corrected chi connectivity index (χ0v) is 7.37. The van der Waals surface area contributed by atoms with Gasteiger partial charge in [-0.05, 0) is 0 Å². The molecule has 63 valence electrons. The summed E-state index contributed by atoms with van der Waals surface area (Å²) in [5.74, 6) is 0. The summed E-state index contributed by atoms with van der Waals surface area (Å²) in [4.78, 5) is 17.1. The van der Waals surface area contributed by atoms with E-state index in [1.165, 1.54) is 0 Å². The molecule has 1 N–H and O–H groups in total. The minimum atomic E-state index is -1.54. The van der Waals surface area contributed by atoms with E-state index in [4.69, 9.17) is 0 Å². The molecule has 4 bridgehead atoms. The Hall–Kier alpha value is 0.270. The molecule has 5 heteroatoms. The Labute approximate surface area is 66.8 Å². The highest BCUT2D eigenvalue weighted by atomic mass is 31.2. The maximum absolute atomic E-state index is 10.1. The highest BCUT2D eigenvalue weighted by Gasteiger charge is 2.45. The summed E-state index contributed by atoms with van der Waals surface area (Å²) in [6.45, 7) is 3.25. The smallest absolute Gasteiger partial charge is 0.0539 e. The predicted molar refractivity (Wildman–Crippen MR) is 43.9 cm³/mol. The maximum atomic E-state index is 10.1. The average molecular weight is 174 g/mol. The van der Waals surface area contributed by atoms with E-state index in [1.54, 1.807) is 0 Å². The minimum Gasteiger partial charge on any atom is -0.376 e. The van der Waals surface area contributed by atoms with Crippen molar-refractivity contribution >= 4 is 7.49 Å². The minimum absolute atomic E-state index is 0.986. The van der Waals surface area contributed by atoms with Crippen molar-refractivity contribution in [2.75, 3.05) is 38.9 Å². The van der Waals surface area contributed by atoms with Crippen LogP contribution in [0.4, 0.5) is 0 Å². The van der Waals surface area contributed by atoms with Gasteiger partial charge in [-0.1, -0.05) is 0 Å². The Bertz CT molecular complexity index is 163. The first-order chi connectivity index (χ1) is 5.23. The Morgan fingerprint density at radius 1 is 0.818 bits per heavy atom. The van der Waals surface area contributed by atoms with Crippen molar-refractivity contribution in [3.8, 4) is 0 Å². The van der Waals surface area contributed by atoms with Crippen LogP contribution in [-0.4, -0.2) is 58.5 Å².